The topological polar surface area (TPSA) is 15.3 Å². The zero-order valence-corrected chi connectivity index (χ0v) is 16.4. The molecule has 0 saturated carbocycles. The molecule has 0 bridgehead atoms. The van der Waals surface area contributed by atoms with Crippen molar-refractivity contribution in [1.82, 2.24) is 10.2 Å². The Labute approximate surface area is 153 Å². The third-order valence-electron chi connectivity index (χ3n) is 4.00. The molecule has 1 N–H and O–H groups in total. The van der Waals surface area contributed by atoms with Crippen LogP contribution in [-0.4, -0.2) is 31.1 Å². The lowest BCUT2D eigenvalue weighted by molar-refractivity contribution is 0.128. The molecule has 1 aliphatic heterocycles. The number of hydrogen-bond donors (Lipinski definition) is 1. The maximum absolute atomic E-state index is 6.20. The van der Waals surface area contributed by atoms with Crippen LogP contribution in [0.4, 0.5) is 0 Å². The number of piperazine rings is 1. The first-order valence-electron chi connectivity index (χ1n) is 7.03. The number of hydrogen-bond acceptors (Lipinski definition) is 2. The van der Waals surface area contributed by atoms with Gasteiger partial charge in [0, 0.05) is 41.7 Å². The molecule has 2 atom stereocenters. The molecule has 0 aliphatic carbocycles. The molecule has 1 fully saturated rings. The van der Waals surface area contributed by atoms with Crippen LogP contribution in [0, 0.1) is 5.92 Å². The van der Waals surface area contributed by atoms with Crippen molar-refractivity contribution in [2.45, 2.75) is 26.3 Å². The summed E-state index contributed by atoms with van der Waals surface area (Å²) in [5.41, 5.74) is 1.32. The summed E-state index contributed by atoms with van der Waals surface area (Å²) >= 11 is 9.89. The summed E-state index contributed by atoms with van der Waals surface area (Å²) < 4.78 is 1.17. The number of benzene rings is 1. The Morgan fingerprint density at radius 1 is 1.29 bits per heavy atom. The highest BCUT2D eigenvalue weighted by atomic mass is 79.9. The van der Waals surface area contributed by atoms with Crippen LogP contribution in [0.25, 0.3) is 0 Å². The third-order valence-corrected chi connectivity index (χ3v) is 4.96. The van der Waals surface area contributed by atoms with E-state index >= 15 is 0 Å². The van der Waals surface area contributed by atoms with E-state index in [0.717, 1.165) is 31.2 Å². The summed E-state index contributed by atoms with van der Waals surface area (Å²) in [7, 11) is 0. The molecule has 21 heavy (non-hydrogen) atoms. The van der Waals surface area contributed by atoms with E-state index in [1.807, 2.05) is 6.07 Å². The highest BCUT2D eigenvalue weighted by molar-refractivity contribution is 9.10. The zero-order chi connectivity index (χ0) is 13.8. The van der Waals surface area contributed by atoms with Gasteiger partial charge < -0.3 is 5.32 Å². The fraction of sp³-hybridized carbons (Fsp3) is 0.600. The van der Waals surface area contributed by atoms with Crippen molar-refractivity contribution in [2.24, 2.45) is 5.92 Å². The van der Waals surface area contributed by atoms with Crippen LogP contribution in [-0.2, 0) is 0 Å². The second-order valence-corrected chi connectivity index (χ2v) is 6.57. The van der Waals surface area contributed by atoms with E-state index in [4.69, 9.17) is 11.6 Å². The average Bonchev–Trinajstić information content (AvgIpc) is 2.44. The Balaban J connectivity index is 0.00000200. The van der Waals surface area contributed by atoms with Crippen molar-refractivity contribution in [1.29, 1.82) is 0 Å². The molecule has 2 nitrogen and oxygen atoms in total. The largest absolute Gasteiger partial charge is 0.314 e. The van der Waals surface area contributed by atoms with Gasteiger partial charge in [0.05, 0.1) is 0 Å². The van der Waals surface area contributed by atoms with Crippen molar-refractivity contribution in [3.05, 3.63) is 33.3 Å². The Bertz CT molecular complexity index is 425. The van der Waals surface area contributed by atoms with Crippen LogP contribution >= 0.6 is 52.3 Å². The van der Waals surface area contributed by atoms with Gasteiger partial charge in [0.15, 0.2) is 0 Å². The maximum atomic E-state index is 6.20. The molecule has 1 aromatic rings. The van der Waals surface area contributed by atoms with E-state index in [1.165, 1.54) is 16.5 Å². The SMILES string of the molecule is CCC(C)[C@@H](c1cc(Cl)ccc1Br)N1CCNCC1.Cl.Cl. The third kappa shape index (κ3) is 5.56. The Hall–Kier alpha value is 0.490. The smallest absolute Gasteiger partial charge is 0.0410 e. The molecular weight excluding hydrogens is 394 g/mol. The predicted molar refractivity (Wildman–Crippen MR) is 100 cm³/mol. The molecule has 0 radical (unpaired) electrons. The molecule has 122 valence electrons. The zero-order valence-electron chi connectivity index (χ0n) is 12.4. The minimum atomic E-state index is 0. The van der Waals surface area contributed by atoms with Gasteiger partial charge in [-0.3, -0.25) is 4.90 Å². The molecule has 1 heterocycles. The van der Waals surface area contributed by atoms with Gasteiger partial charge in [-0.2, -0.15) is 0 Å². The summed E-state index contributed by atoms with van der Waals surface area (Å²) in [6.07, 6.45) is 1.17. The van der Waals surface area contributed by atoms with Crippen molar-refractivity contribution < 1.29 is 0 Å². The van der Waals surface area contributed by atoms with Crippen LogP contribution in [0.2, 0.25) is 5.02 Å². The first-order chi connectivity index (χ1) is 9.13. The summed E-state index contributed by atoms with van der Waals surface area (Å²) in [6, 6.07) is 6.57. The molecule has 0 amide bonds. The lowest BCUT2D eigenvalue weighted by Gasteiger charge is -2.39. The normalized spacial score (nSPS) is 18.3. The van der Waals surface area contributed by atoms with Gasteiger partial charge in [0.1, 0.15) is 0 Å². The fourth-order valence-electron chi connectivity index (χ4n) is 2.79. The molecule has 6 heteroatoms. The van der Waals surface area contributed by atoms with E-state index in [2.05, 4.69) is 52.1 Å². The second kappa shape index (κ2) is 10.3. The number of nitrogens with zero attached hydrogens (tertiary/aromatic N) is 1. The molecule has 1 unspecified atom stereocenters. The molecule has 1 saturated heterocycles. The van der Waals surface area contributed by atoms with Crippen molar-refractivity contribution in [3.8, 4) is 0 Å². The predicted octanol–water partition coefficient (Wildman–Crippen LogP) is 4.94. The van der Waals surface area contributed by atoms with Gasteiger partial charge in [0.2, 0.25) is 0 Å². The lowest BCUT2D eigenvalue weighted by Crippen LogP contribution is -2.46. The molecule has 0 spiro atoms. The van der Waals surface area contributed by atoms with E-state index in [9.17, 15) is 0 Å². The van der Waals surface area contributed by atoms with Crippen LogP contribution in [0.3, 0.4) is 0 Å². The van der Waals surface area contributed by atoms with Gasteiger partial charge in [-0.05, 0) is 29.7 Å². The van der Waals surface area contributed by atoms with Crippen molar-refractivity contribution in [3.63, 3.8) is 0 Å². The Morgan fingerprint density at radius 3 is 2.48 bits per heavy atom. The molecular formula is C15H24BrCl3N2. The number of nitrogens with one attached hydrogen (secondary N) is 1. The summed E-state index contributed by atoms with van der Waals surface area (Å²) in [5.74, 6) is 0.618. The number of halogens is 4. The average molecular weight is 419 g/mol. The number of rotatable bonds is 4. The minimum Gasteiger partial charge on any atom is -0.314 e. The molecule has 0 aromatic heterocycles. The summed E-state index contributed by atoms with van der Waals surface area (Å²) in [5, 5.41) is 4.25. The molecule has 2 rings (SSSR count). The minimum absolute atomic E-state index is 0. The highest BCUT2D eigenvalue weighted by Gasteiger charge is 2.27. The van der Waals surface area contributed by atoms with Gasteiger partial charge in [-0.15, -0.1) is 24.8 Å². The monoisotopic (exact) mass is 416 g/mol. The first kappa shape index (κ1) is 21.5. The van der Waals surface area contributed by atoms with Crippen LogP contribution in [0.1, 0.15) is 31.9 Å². The van der Waals surface area contributed by atoms with Gasteiger partial charge in [-0.25, -0.2) is 0 Å². The Kier molecular flexibility index (Phi) is 10.5. The first-order valence-corrected chi connectivity index (χ1v) is 8.20. The van der Waals surface area contributed by atoms with Crippen LogP contribution < -0.4 is 5.32 Å². The van der Waals surface area contributed by atoms with E-state index in [-0.39, 0.29) is 24.8 Å². The van der Waals surface area contributed by atoms with Crippen LogP contribution in [0.15, 0.2) is 22.7 Å². The van der Waals surface area contributed by atoms with Crippen molar-refractivity contribution in [2.75, 3.05) is 26.2 Å². The van der Waals surface area contributed by atoms with Gasteiger partial charge in [0.25, 0.3) is 0 Å². The molecule has 1 aliphatic rings. The quantitative estimate of drug-likeness (QED) is 0.745. The van der Waals surface area contributed by atoms with Gasteiger partial charge >= 0.3 is 0 Å². The maximum Gasteiger partial charge on any atom is 0.0410 e. The summed E-state index contributed by atoms with van der Waals surface area (Å²) in [4.78, 5) is 2.58. The fourth-order valence-corrected chi connectivity index (χ4v) is 3.45. The van der Waals surface area contributed by atoms with Crippen LogP contribution in [0.5, 0.6) is 0 Å². The highest BCUT2D eigenvalue weighted by Crippen LogP contribution is 2.36. The second-order valence-electron chi connectivity index (χ2n) is 5.28. The van der Waals surface area contributed by atoms with E-state index < -0.39 is 0 Å². The lowest BCUT2D eigenvalue weighted by atomic mass is 9.90. The van der Waals surface area contributed by atoms with E-state index in [1.54, 1.807) is 0 Å². The standard InChI is InChI=1S/C15H22BrClN2.2ClH/c1-3-11(2)15(19-8-6-18-7-9-19)13-10-12(17)4-5-14(13)16;;/h4-5,10-11,15,18H,3,6-9H2,1-2H3;2*1H/t11?,15-;;/m0../s1. The van der Waals surface area contributed by atoms with Crippen molar-refractivity contribution >= 4 is 52.3 Å². The Morgan fingerprint density at radius 2 is 1.90 bits per heavy atom. The van der Waals surface area contributed by atoms with E-state index in [0.29, 0.717) is 12.0 Å². The van der Waals surface area contributed by atoms with Gasteiger partial charge in [-0.1, -0.05) is 47.8 Å². The molecule has 1 aromatic carbocycles. The summed E-state index contributed by atoms with van der Waals surface area (Å²) in [6.45, 7) is 8.95.